The summed E-state index contributed by atoms with van der Waals surface area (Å²) in [6.45, 7) is 0.696. The number of hydrogen-bond donors (Lipinski definition) is 3. The van der Waals surface area contributed by atoms with Crippen molar-refractivity contribution in [3.8, 4) is 0 Å². The van der Waals surface area contributed by atoms with E-state index in [1.165, 1.54) is 36.4 Å². The molecule has 3 fully saturated rings. The van der Waals surface area contributed by atoms with Crippen LogP contribution in [-0.2, 0) is 14.8 Å². The Bertz CT molecular complexity index is 1520. The maximum absolute atomic E-state index is 13.4. The van der Waals surface area contributed by atoms with Gasteiger partial charge in [0.1, 0.15) is 0 Å². The van der Waals surface area contributed by atoms with Gasteiger partial charge < -0.3 is 25.7 Å². The van der Waals surface area contributed by atoms with Crippen LogP contribution in [0.3, 0.4) is 0 Å². The summed E-state index contributed by atoms with van der Waals surface area (Å²) in [5, 5.41) is 7.15. The van der Waals surface area contributed by atoms with Crippen LogP contribution in [0.5, 0.6) is 0 Å². The van der Waals surface area contributed by atoms with Gasteiger partial charge in [-0.05, 0) is 69.6 Å². The molecule has 2 aromatic heterocycles. The number of piperidine rings is 1. The van der Waals surface area contributed by atoms with E-state index in [1.807, 2.05) is 6.33 Å². The minimum absolute atomic E-state index is 0.0214. The third-order valence-corrected chi connectivity index (χ3v) is 10.8. The number of methoxy groups -OCH3 is 1. The number of fused-ring (bicyclic) bond motifs is 1. The number of carbonyl (C=O) groups is 1. The number of hydrogen-bond acceptors (Lipinski definition) is 10. The van der Waals surface area contributed by atoms with Crippen molar-refractivity contribution in [3.05, 3.63) is 36.2 Å². The third kappa shape index (κ3) is 5.95. The molecule has 4 N–H and O–H groups in total. The Balaban J connectivity index is 1.19. The monoisotopic (exact) mass is 596 g/mol. The van der Waals surface area contributed by atoms with E-state index in [2.05, 4.69) is 15.2 Å². The molecule has 2 saturated carbocycles. The summed E-state index contributed by atoms with van der Waals surface area (Å²) >= 11 is 0. The Morgan fingerprint density at radius 2 is 1.69 bits per heavy atom. The van der Waals surface area contributed by atoms with Crippen molar-refractivity contribution in [2.24, 2.45) is 5.73 Å². The molecule has 1 aromatic carbocycles. The number of imidazole rings is 1. The molecule has 226 valence electrons. The van der Waals surface area contributed by atoms with Gasteiger partial charge >= 0.3 is 5.97 Å². The number of benzene rings is 1. The van der Waals surface area contributed by atoms with Crippen molar-refractivity contribution in [1.82, 2.24) is 23.8 Å². The van der Waals surface area contributed by atoms with E-state index in [4.69, 9.17) is 25.4 Å². The lowest BCUT2D eigenvalue weighted by atomic mass is 9.92. The van der Waals surface area contributed by atoms with Crippen LogP contribution in [0.25, 0.3) is 11.2 Å². The fraction of sp³-hybridized carbons (Fsp3) is 0.586. The van der Waals surface area contributed by atoms with Crippen LogP contribution in [-0.4, -0.2) is 76.5 Å². The number of nitrogens with one attached hydrogen (secondary N) is 2. The molecular weight excluding hydrogens is 556 g/mol. The fourth-order valence-electron chi connectivity index (χ4n) is 6.46. The first-order valence-corrected chi connectivity index (χ1v) is 16.5. The highest BCUT2D eigenvalue weighted by atomic mass is 32.2. The summed E-state index contributed by atoms with van der Waals surface area (Å²) in [5.74, 6) is 0.706. The Labute approximate surface area is 246 Å². The van der Waals surface area contributed by atoms with E-state index in [1.54, 1.807) is 12.1 Å². The predicted molar refractivity (Wildman–Crippen MR) is 160 cm³/mol. The Morgan fingerprint density at radius 3 is 2.40 bits per heavy atom. The molecule has 2 aliphatic carbocycles. The second kappa shape index (κ2) is 12.1. The van der Waals surface area contributed by atoms with E-state index in [0.717, 1.165) is 49.7 Å². The molecule has 3 aliphatic rings. The number of carbonyl (C=O) groups excluding carboxylic acids is 1. The highest BCUT2D eigenvalue weighted by Gasteiger charge is 2.31. The zero-order chi connectivity index (χ0) is 29.3. The van der Waals surface area contributed by atoms with E-state index >= 15 is 0 Å². The van der Waals surface area contributed by atoms with E-state index < -0.39 is 16.0 Å². The lowest BCUT2D eigenvalue weighted by molar-refractivity contribution is 0.0600. The third-order valence-electron chi connectivity index (χ3n) is 8.93. The van der Waals surface area contributed by atoms with Crippen LogP contribution in [0.4, 0.5) is 11.8 Å². The zero-order valence-electron chi connectivity index (χ0n) is 24.0. The standard InChI is InChI=1S/C29H40N8O4S/c1-41-28(38)19-5-4-8-24(17-19)42(39,40)36-15-13-22(14-16-36)32-26-25-27(37(18-31-25)23-6-2-3-7-23)35-29(34-26)33-21-11-9-20(30)10-12-21/h4-5,8,17-18,20-23H,2-3,6-7,9-16,30H2,1H3,(H2,32,33,34,35)/t20-,21-. The molecule has 13 heteroatoms. The highest BCUT2D eigenvalue weighted by molar-refractivity contribution is 7.89. The second-order valence-corrected chi connectivity index (χ2v) is 13.7. The Morgan fingerprint density at radius 1 is 0.976 bits per heavy atom. The van der Waals surface area contributed by atoms with Crippen molar-refractivity contribution in [2.75, 3.05) is 30.8 Å². The molecule has 1 saturated heterocycles. The first-order chi connectivity index (χ1) is 20.3. The predicted octanol–water partition coefficient (Wildman–Crippen LogP) is 3.68. The molecule has 42 heavy (non-hydrogen) atoms. The van der Waals surface area contributed by atoms with Gasteiger partial charge in [-0.3, -0.25) is 0 Å². The number of anilines is 2. The number of sulfonamides is 1. The largest absolute Gasteiger partial charge is 0.465 e. The van der Waals surface area contributed by atoms with Crippen LogP contribution >= 0.6 is 0 Å². The van der Waals surface area contributed by atoms with Gasteiger partial charge in [0, 0.05) is 37.3 Å². The maximum Gasteiger partial charge on any atom is 0.337 e. The number of ether oxygens (including phenoxy) is 1. The molecule has 0 bridgehead atoms. The van der Waals surface area contributed by atoms with Gasteiger partial charge in [-0.15, -0.1) is 0 Å². The van der Waals surface area contributed by atoms with Crippen LogP contribution in [0, 0.1) is 0 Å². The van der Waals surface area contributed by atoms with Gasteiger partial charge in [-0.2, -0.15) is 14.3 Å². The number of esters is 1. The molecule has 0 radical (unpaired) electrons. The molecule has 0 atom stereocenters. The van der Waals surface area contributed by atoms with Crippen LogP contribution in [0.2, 0.25) is 0 Å². The molecule has 3 aromatic rings. The van der Waals surface area contributed by atoms with E-state index in [9.17, 15) is 13.2 Å². The number of nitrogens with zero attached hydrogens (tertiary/aromatic N) is 5. The second-order valence-electron chi connectivity index (χ2n) is 11.8. The molecule has 0 amide bonds. The smallest absolute Gasteiger partial charge is 0.337 e. The van der Waals surface area contributed by atoms with Gasteiger partial charge in [-0.25, -0.2) is 18.2 Å². The average molecular weight is 597 g/mol. The van der Waals surface area contributed by atoms with Crippen molar-refractivity contribution >= 4 is 38.9 Å². The zero-order valence-corrected chi connectivity index (χ0v) is 24.9. The first-order valence-electron chi connectivity index (χ1n) is 15.0. The van der Waals surface area contributed by atoms with Crippen molar-refractivity contribution in [1.29, 1.82) is 0 Å². The van der Waals surface area contributed by atoms with Gasteiger partial charge in [0.2, 0.25) is 16.0 Å². The summed E-state index contributed by atoms with van der Waals surface area (Å²) < 4.78 is 35.2. The summed E-state index contributed by atoms with van der Waals surface area (Å²) in [5.41, 5.74) is 7.91. The SMILES string of the molecule is COC(=O)c1cccc(S(=O)(=O)N2CCC(Nc3nc(N[C@H]4CC[C@H](N)CC4)nc4c3ncn4C3CCCC3)CC2)c1. The summed E-state index contributed by atoms with van der Waals surface area (Å²) in [6, 6.07) is 6.95. The minimum Gasteiger partial charge on any atom is -0.465 e. The Kier molecular flexibility index (Phi) is 8.33. The topological polar surface area (TPSA) is 157 Å². The lowest BCUT2D eigenvalue weighted by Gasteiger charge is -2.32. The summed E-state index contributed by atoms with van der Waals surface area (Å²) in [7, 11) is -2.48. The number of aromatic nitrogens is 4. The summed E-state index contributed by atoms with van der Waals surface area (Å²) in [4.78, 5) is 26.6. The molecule has 0 spiro atoms. The van der Waals surface area contributed by atoms with Crippen LogP contribution < -0.4 is 16.4 Å². The first kappa shape index (κ1) is 28.8. The molecule has 12 nitrogen and oxygen atoms in total. The molecule has 0 unspecified atom stereocenters. The highest BCUT2D eigenvalue weighted by Crippen LogP contribution is 2.34. The number of rotatable bonds is 8. The maximum atomic E-state index is 13.4. The Hall–Kier alpha value is -3.29. The number of nitrogens with two attached hydrogens (primary N) is 1. The van der Waals surface area contributed by atoms with Crippen molar-refractivity contribution in [3.63, 3.8) is 0 Å². The van der Waals surface area contributed by atoms with Gasteiger partial charge in [-0.1, -0.05) is 18.9 Å². The molecular formula is C29H40N8O4S. The molecule has 6 rings (SSSR count). The average Bonchev–Trinajstić information content (AvgIpc) is 3.69. The van der Waals surface area contributed by atoms with Crippen LogP contribution in [0.15, 0.2) is 35.5 Å². The quantitative estimate of drug-likeness (QED) is 0.328. The van der Waals surface area contributed by atoms with Gasteiger partial charge in [0.15, 0.2) is 17.0 Å². The normalized spacial score (nSPS) is 22.8. The fourth-order valence-corrected chi connectivity index (χ4v) is 7.98. The minimum atomic E-state index is -3.75. The van der Waals surface area contributed by atoms with Crippen molar-refractivity contribution in [2.45, 2.75) is 93.3 Å². The van der Waals surface area contributed by atoms with E-state index in [-0.39, 0.29) is 28.6 Å². The van der Waals surface area contributed by atoms with Crippen LogP contribution in [0.1, 0.15) is 80.6 Å². The molecule has 3 heterocycles. The van der Waals surface area contributed by atoms with Gasteiger partial charge in [0.05, 0.1) is 23.9 Å². The van der Waals surface area contributed by atoms with Crippen molar-refractivity contribution < 1.29 is 17.9 Å². The molecule has 1 aliphatic heterocycles. The summed E-state index contributed by atoms with van der Waals surface area (Å²) in [6.07, 6.45) is 11.7. The lowest BCUT2D eigenvalue weighted by Crippen LogP contribution is -2.42. The van der Waals surface area contributed by atoms with E-state index in [0.29, 0.717) is 43.7 Å². The van der Waals surface area contributed by atoms with Gasteiger partial charge in [0.25, 0.3) is 0 Å².